The Labute approximate surface area is 199 Å². The summed E-state index contributed by atoms with van der Waals surface area (Å²) in [7, 11) is 0. The van der Waals surface area contributed by atoms with Crippen molar-refractivity contribution >= 4 is 28.5 Å². The Kier molecular flexibility index (Phi) is 6.38. The van der Waals surface area contributed by atoms with Gasteiger partial charge in [-0.2, -0.15) is 4.90 Å². The van der Waals surface area contributed by atoms with Gasteiger partial charge in [-0.05, 0) is 54.8 Å². The van der Waals surface area contributed by atoms with Gasteiger partial charge in [0.2, 0.25) is 5.70 Å². The summed E-state index contributed by atoms with van der Waals surface area (Å²) in [6, 6.07) is 17.1. The van der Waals surface area contributed by atoms with Crippen molar-refractivity contribution in [3.05, 3.63) is 82.1 Å². The average Bonchev–Trinajstić information content (AvgIpc) is 3.44. The fourth-order valence-corrected chi connectivity index (χ4v) is 5.60. The van der Waals surface area contributed by atoms with Crippen molar-refractivity contribution in [1.82, 2.24) is 9.88 Å². The van der Waals surface area contributed by atoms with Crippen molar-refractivity contribution < 1.29 is 4.74 Å². The van der Waals surface area contributed by atoms with E-state index in [0.717, 1.165) is 48.1 Å². The SMILES string of the molecule is CCOc1cc(Nc2nc3c(s2)CCCC3c2ccccc2)ccc1CCN1[C+]=NC(C)=C1. The molecule has 1 aromatic heterocycles. The fourth-order valence-electron chi connectivity index (χ4n) is 4.52. The molecule has 2 aliphatic rings. The number of nitrogens with one attached hydrogen (secondary N) is 1. The predicted molar refractivity (Wildman–Crippen MR) is 136 cm³/mol. The van der Waals surface area contributed by atoms with Crippen LogP contribution in [-0.2, 0) is 12.8 Å². The topological polar surface area (TPSA) is 49.8 Å². The third kappa shape index (κ3) is 4.92. The molecule has 0 amide bonds. The van der Waals surface area contributed by atoms with Gasteiger partial charge in [0.1, 0.15) is 5.75 Å². The van der Waals surface area contributed by atoms with Crippen LogP contribution in [0.1, 0.15) is 54.3 Å². The average molecular weight is 458 g/mol. The van der Waals surface area contributed by atoms with E-state index in [4.69, 9.17) is 9.72 Å². The molecule has 6 heteroatoms. The van der Waals surface area contributed by atoms with Gasteiger partial charge < -0.3 is 10.1 Å². The molecule has 5 nitrogen and oxygen atoms in total. The number of hydrogen-bond donors (Lipinski definition) is 1. The number of benzene rings is 2. The summed E-state index contributed by atoms with van der Waals surface area (Å²) in [5.74, 6) is 1.31. The largest absolute Gasteiger partial charge is 0.494 e. The first kappa shape index (κ1) is 21.6. The molecular formula is C27H29N4OS+. The summed E-state index contributed by atoms with van der Waals surface area (Å²) in [5.41, 5.74) is 5.79. The summed E-state index contributed by atoms with van der Waals surface area (Å²) in [6.45, 7) is 5.47. The zero-order valence-electron chi connectivity index (χ0n) is 19.2. The molecule has 0 bridgehead atoms. The molecule has 0 radical (unpaired) electrons. The number of aliphatic imine (C=N–C) groups is 1. The fraction of sp³-hybridized carbons (Fsp3) is 0.333. The second kappa shape index (κ2) is 9.74. The third-order valence-corrected chi connectivity index (χ3v) is 7.14. The molecule has 2 aromatic carbocycles. The maximum Gasteiger partial charge on any atom is 0.255 e. The lowest BCUT2D eigenvalue weighted by Crippen LogP contribution is -2.16. The molecule has 0 saturated heterocycles. The molecule has 1 N–H and O–H groups in total. The minimum Gasteiger partial charge on any atom is -0.494 e. The van der Waals surface area contributed by atoms with E-state index in [9.17, 15) is 0 Å². The van der Waals surface area contributed by atoms with E-state index in [1.807, 2.05) is 24.9 Å². The second-order valence-corrected chi connectivity index (χ2v) is 9.57. The van der Waals surface area contributed by atoms with Gasteiger partial charge in [0.05, 0.1) is 18.8 Å². The van der Waals surface area contributed by atoms with Crippen molar-refractivity contribution in [2.75, 3.05) is 18.5 Å². The van der Waals surface area contributed by atoms with Gasteiger partial charge in [-0.25, -0.2) is 4.98 Å². The Bertz CT molecular complexity index is 1170. The number of aryl methyl sites for hydroxylation is 1. The summed E-state index contributed by atoms with van der Waals surface area (Å²) in [5, 5.41) is 4.50. The van der Waals surface area contributed by atoms with E-state index in [0.29, 0.717) is 12.5 Å². The van der Waals surface area contributed by atoms with Crippen molar-refractivity contribution in [3.63, 3.8) is 0 Å². The number of ether oxygens (including phenoxy) is 1. The highest BCUT2D eigenvalue weighted by molar-refractivity contribution is 7.15. The van der Waals surface area contributed by atoms with Gasteiger partial charge in [-0.3, -0.25) is 0 Å². The number of allylic oxidation sites excluding steroid dienone is 1. The number of rotatable bonds is 8. The molecular weight excluding hydrogens is 428 g/mol. The van der Waals surface area contributed by atoms with Crippen LogP contribution in [0.15, 0.2) is 65.4 Å². The van der Waals surface area contributed by atoms with E-state index in [1.165, 1.54) is 28.1 Å². The number of nitrogens with zero attached hydrogens (tertiary/aromatic N) is 3. The number of fused-ring (bicyclic) bond motifs is 1. The van der Waals surface area contributed by atoms with Crippen LogP contribution in [0.3, 0.4) is 0 Å². The quantitative estimate of drug-likeness (QED) is 0.399. The molecule has 168 valence electrons. The Morgan fingerprint density at radius 3 is 2.88 bits per heavy atom. The first-order chi connectivity index (χ1) is 16.2. The van der Waals surface area contributed by atoms with Gasteiger partial charge in [0.15, 0.2) is 11.3 Å². The van der Waals surface area contributed by atoms with Gasteiger partial charge in [-0.1, -0.05) is 36.4 Å². The second-order valence-electron chi connectivity index (χ2n) is 8.49. The summed E-state index contributed by atoms with van der Waals surface area (Å²) >= 11 is 1.78. The molecule has 1 unspecified atom stereocenters. The van der Waals surface area contributed by atoms with Gasteiger partial charge in [-0.15, -0.1) is 11.3 Å². The van der Waals surface area contributed by atoms with E-state index in [1.54, 1.807) is 11.3 Å². The minimum absolute atomic E-state index is 0.395. The zero-order valence-corrected chi connectivity index (χ0v) is 20.0. The van der Waals surface area contributed by atoms with Gasteiger partial charge >= 0.3 is 0 Å². The van der Waals surface area contributed by atoms with Crippen LogP contribution in [0.4, 0.5) is 10.8 Å². The molecule has 1 aliphatic heterocycles. The molecule has 2 heterocycles. The predicted octanol–water partition coefficient (Wildman–Crippen LogP) is 6.38. The van der Waals surface area contributed by atoms with E-state index in [-0.39, 0.29) is 0 Å². The highest BCUT2D eigenvalue weighted by Crippen LogP contribution is 2.41. The lowest BCUT2D eigenvalue weighted by Gasteiger charge is -2.21. The molecule has 3 aromatic rings. The van der Waals surface area contributed by atoms with Gasteiger partial charge in [0.25, 0.3) is 6.34 Å². The number of hydrogen-bond acceptors (Lipinski definition) is 6. The summed E-state index contributed by atoms with van der Waals surface area (Å²) in [4.78, 5) is 12.6. The zero-order chi connectivity index (χ0) is 22.6. The van der Waals surface area contributed by atoms with Crippen LogP contribution < -0.4 is 10.1 Å². The smallest absolute Gasteiger partial charge is 0.255 e. The highest BCUT2D eigenvalue weighted by Gasteiger charge is 2.26. The third-order valence-electron chi connectivity index (χ3n) is 6.09. The van der Waals surface area contributed by atoms with Crippen LogP contribution in [-0.4, -0.2) is 29.4 Å². The molecule has 0 saturated carbocycles. The normalized spacial score (nSPS) is 16.8. The Morgan fingerprint density at radius 1 is 1.21 bits per heavy atom. The molecule has 5 rings (SSSR count). The number of aromatic nitrogens is 1. The molecule has 1 atom stereocenters. The van der Waals surface area contributed by atoms with Crippen LogP contribution in [0.25, 0.3) is 0 Å². The van der Waals surface area contributed by atoms with E-state index in [2.05, 4.69) is 65.2 Å². The first-order valence-corrected chi connectivity index (χ1v) is 12.5. The van der Waals surface area contributed by atoms with Gasteiger partial charge in [0, 0.05) is 29.5 Å². The molecule has 1 aliphatic carbocycles. The maximum atomic E-state index is 5.97. The van der Waals surface area contributed by atoms with Crippen molar-refractivity contribution in [2.24, 2.45) is 4.99 Å². The van der Waals surface area contributed by atoms with Crippen molar-refractivity contribution in [2.45, 2.75) is 45.4 Å². The lowest BCUT2D eigenvalue weighted by molar-refractivity contribution is 0.336. The summed E-state index contributed by atoms with van der Waals surface area (Å²) in [6.07, 6.45) is 9.40. The highest BCUT2D eigenvalue weighted by atomic mass is 32.1. The van der Waals surface area contributed by atoms with Crippen LogP contribution in [0.5, 0.6) is 5.75 Å². The Morgan fingerprint density at radius 2 is 2.09 bits per heavy atom. The lowest BCUT2D eigenvalue weighted by atomic mass is 9.85. The van der Waals surface area contributed by atoms with Crippen LogP contribution in [0.2, 0.25) is 0 Å². The number of anilines is 2. The minimum atomic E-state index is 0.395. The van der Waals surface area contributed by atoms with Crippen LogP contribution in [0, 0.1) is 0 Å². The maximum absolute atomic E-state index is 5.97. The first-order valence-electron chi connectivity index (χ1n) is 11.7. The van der Waals surface area contributed by atoms with E-state index >= 15 is 0 Å². The Hall–Kier alpha value is -3.21. The number of thiazole rings is 1. The summed E-state index contributed by atoms with van der Waals surface area (Å²) < 4.78 is 5.97. The Balaban J connectivity index is 1.32. The van der Waals surface area contributed by atoms with Crippen molar-refractivity contribution in [3.8, 4) is 5.75 Å². The van der Waals surface area contributed by atoms with Crippen molar-refractivity contribution in [1.29, 1.82) is 0 Å². The van der Waals surface area contributed by atoms with E-state index < -0.39 is 0 Å². The van der Waals surface area contributed by atoms with Crippen LogP contribution >= 0.6 is 11.3 Å². The molecule has 0 spiro atoms. The standard InChI is InChI=1S/C27H29N4OS/c1-3-32-24-16-22(13-12-21(24)14-15-31-17-19(2)28-18-31)29-27-30-26-23(10-7-11-25(26)33-27)20-8-5-4-6-9-20/h4-6,8-9,12-13,16-17,23H,3,7,10-11,14-15H2,1-2H3,(H,29,30)/q+1. The molecule has 33 heavy (non-hydrogen) atoms. The monoisotopic (exact) mass is 457 g/mol. The molecule has 0 fully saturated rings.